The van der Waals surface area contributed by atoms with Crippen LogP contribution in [0.5, 0.6) is 0 Å². The minimum atomic E-state index is -2.45. The molecule has 0 bridgehead atoms. The quantitative estimate of drug-likeness (QED) is 0.231. The van der Waals surface area contributed by atoms with E-state index in [1.807, 2.05) is 0 Å². The average molecular weight is 523 g/mol. The lowest BCUT2D eigenvalue weighted by Crippen LogP contribution is -2.64. The molecule has 8 unspecified atom stereocenters. The number of fused-ring (bicyclic) bond motifs is 3. The van der Waals surface area contributed by atoms with E-state index in [1.165, 1.54) is 6.92 Å². The molecule has 1 aliphatic heterocycles. The summed E-state index contributed by atoms with van der Waals surface area (Å²) in [7, 11) is 0. The molecule has 0 spiro atoms. The Morgan fingerprint density at radius 3 is 2.35 bits per heavy atom. The summed E-state index contributed by atoms with van der Waals surface area (Å²) < 4.78 is 22.9. The zero-order valence-corrected chi connectivity index (χ0v) is 22.7. The molecule has 1 saturated carbocycles. The Balaban J connectivity index is 2.21. The van der Waals surface area contributed by atoms with E-state index < -0.39 is 70.8 Å². The molecule has 3 aliphatic rings. The van der Waals surface area contributed by atoms with Crippen LogP contribution in [0.15, 0.2) is 22.8 Å². The van der Waals surface area contributed by atoms with Crippen LogP contribution in [-0.2, 0) is 38.1 Å². The Morgan fingerprint density at radius 1 is 1.19 bits per heavy atom. The third-order valence-corrected chi connectivity index (χ3v) is 8.32. The summed E-state index contributed by atoms with van der Waals surface area (Å²) in [6.45, 7) is 12.4. The van der Waals surface area contributed by atoms with Gasteiger partial charge in [-0.2, -0.15) is 0 Å². The van der Waals surface area contributed by atoms with Gasteiger partial charge in [-0.05, 0) is 58.6 Å². The molecule has 3 rings (SSSR count). The molecule has 0 aromatic heterocycles. The van der Waals surface area contributed by atoms with E-state index in [0.717, 1.165) is 6.92 Å². The van der Waals surface area contributed by atoms with Crippen molar-refractivity contribution >= 4 is 23.9 Å². The molecule has 1 saturated heterocycles. The first-order chi connectivity index (χ1) is 17.0. The monoisotopic (exact) mass is 522 g/mol. The summed E-state index contributed by atoms with van der Waals surface area (Å²) in [4.78, 5) is 50.5. The third-order valence-electron chi connectivity index (χ3n) is 8.32. The second kappa shape index (κ2) is 9.87. The molecule has 0 amide bonds. The van der Waals surface area contributed by atoms with E-state index in [4.69, 9.17) is 18.9 Å². The van der Waals surface area contributed by atoms with Crippen molar-refractivity contribution < 1.29 is 48.3 Å². The van der Waals surface area contributed by atoms with Gasteiger partial charge in [-0.15, -0.1) is 0 Å². The Kier molecular flexibility index (Phi) is 7.69. The summed E-state index contributed by atoms with van der Waals surface area (Å²) >= 11 is 0. The second-order valence-electron chi connectivity index (χ2n) is 10.8. The molecule has 37 heavy (non-hydrogen) atoms. The highest BCUT2D eigenvalue weighted by Gasteiger charge is 2.74. The van der Waals surface area contributed by atoms with E-state index >= 15 is 0 Å². The lowest BCUT2D eigenvalue weighted by atomic mass is 9.75. The number of rotatable bonds is 6. The molecular formula is C27H38O10. The van der Waals surface area contributed by atoms with Crippen LogP contribution in [0.2, 0.25) is 0 Å². The van der Waals surface area contributed by atoms with E-state index in [1.54, 1.807) is 47.6 Å². The first-order valence-electron chi connectivity index (χ1n) is 12.6. The molecule has 2 N–H and O–H groups in total. The highest BCUT2D eigenvalue weighted by atomic mass is 16.6. The van der Waals surface area contributed by atoms with Gasteiger partial charge in [0.15, 0.2) is 17.3 Å². The molecule has 2 fully saturated rings. The van der Waals surface area contributed by atoms with Crippen molar-refractivity contribution in [2.75, 3.05) is 0 Å². The molecule has 10 heteroatoms. The number of carbonyl (C=O) groups excluding carboxylic acids is 4. The summed E-state index contributed by atoms with van der Waals surface area (Å²) in [6.07, 6.45) is -1.63. The van der Waals surface area contributed by atoms with Crippen LogP contribution < -0.4 is 0 Å². The second-order valence-corrected chi connectivity index (χ2v) is 10.8. The summed E-state index contributed by atoms with van der Waals surface area (Å²) in [5, 5.41) is 23.4. The van der Waals surface area contributed by atoms with Crippen molar-refractivity contribution in [1.82, 2.24) is 0 Å². The zero-order valence-electron chi connectivity index (χ0n) is 22.7. The fourth-order valence-electron chi connectivity index (χ4n) is 5.60. The Labute approximate surface area is 217 Å². The van der Waals surface area contributed by atoms with Gasteiger partial charge in [-0.1, -0.05) is 19.9 Å². The summed E-state index contributed by atoms with van der Waals surface area (Å²) in [5.41, 5.74) is -4.94. The van der Waals surface area contributed by atoms with Gasteiger partial charge in [-0.3, -0.25) is 9.59 Å². The minimum absolute atomic E-state index is 0.173. The predicted octanol–water partition coefficient (Wildman–Crippen LogP) is 2.29. The standard InChI is InChI=1S/C27H38O10/c1-9-13(3)22(29)34-18-11-17-20(15(18)5)21-27(33,26(8,32)24(31)36-21)19(35-23(30)14(4)10-2)12-25(17,7)37-16(6)28/h9,14,17-19,21,32-33H,10-12H2,1-8H3/b13-9-. The zero-order chi connectivity index (χ0) is 28.1. The van der Waals surface area contributed by atoms with Crippen molar-refractivity contribution in [1.29, 1.82) is 0 Å². The molecule has 0 aromatic rings. The van der Waals surface area contributed by atoms with Gasteiger partial charge in [0, 0.05) is 24.8 Å². The van der Waals surface area contributed by atoms with Gasteiger partial charge in [0.2, 0.25) is 0 Å². The van der Waals surface area contributed by atoms with Crippen LogP contribution in [0, 0.1) is 11.8 Å². The van der Waals surface area contributed by atoms with Gasteiger partial charge >= 0.3 is 23.9 Å². The number of hydrogen-bond donors (Lipinski definition) is 2. The van der Waals surface area contributed by atoms with Crippen LogP contribution in [0.25, 0.3) is 0 Å². The number of carbonyl (C=O) groups is 4. The number of hydrogen-bond acceptors (Lipinski definition) is 10. The number of aliphatic hydroxyl groups is 2. The van der Waals surface area contributed by atoms with E-state index in [9.17, 15) is 29.4 Å². The van der Waals surface area contributed by atoms with Gasteiger partial charge in [-0.25, -0.2) is 9.59 Å². The largest absolute Gasteiger partial charge is 0.459 e. The molecule has 2 aliphatic carbocycles. The van der Waals surface area contributed by atoms with Crippen molar-refractivity contribution in [3.63, 3.8) is 0 Å². The smallest absolute Gasteiger partial charge is 0.341 e. The van der Waals surface area contributed by atoms with Crippen LogP contribution in [0.4, 0.5) is 0 Å². The van der Waals surface area contributed by atoms with Crippen LogP contribution in [0.1, 0.15) is 74.7 Å². The topological polar surface area (TPSA) is 146 Å². The van der Waals surface area contributed by atoms with Gasteiger partial charge in [0.05, 0.1) is 5.92 Å². The molecule has 10 nitrogen and oxygen atoms in total. The highest BCUT2D eigenvalue weighted by molar-refractivity contribution is 5.88. The number of ether oxygens (including phenoxy) is 4. The third kappa shape index (κ3) is 4.58. The highest BCUT2D eigenvalue weighted by Crippen LogP contribution is 2.56. The summed E-state index contributed by atoms with van der Waals surface area (Å²) in [6, 6.07) is 0. The maximum Gasteiger partial charge on any atom is 0.341 e. The van der Waals surface area contributed by atoms with Crippen LogP contribution >= 0.6 is 0 Å². The van der Waals surface area contributed by atoms with Crippen molar-refractivity contribution in [2.45, 2.75) is 110 Å². The SMILES string of the molecule is C/C=C(/C)C(=O)OC1CC2C(=C1C)C1OC(=O)C(C)(O)C1(O)C(OC(=O)C(C)CC)CC2(C)OC(C)=O. The Bertz CT molecular complexity index is 1060. The average Bonchev–Trinajstić information content (AvgIpc) is 3.20. The Morgan fingerprint density at radius 2 is 1.81 bits per heavy atom. The fraction of sp³-hybridized carbons (Fsp3) is 0.704. The fourth-order valence-corrected chi connectivity index (χ4v) is 5.60. The predicted molar refractivity (Wildman–Crippen MR) is 130 cm³/mol. The Hall–Kier alpha value is -2.72. The molecule has 0 aromatic carbocycles. The lowest BCUT2D eigenvalue weighted by molar-refractivity contribution is -0.212. The first-order valence-corrected chi connectivity index (χ1v) is 12.6. The van der Waals surface area contributed by atoms with Gasteiger partial charge in [0.1, 0.15) is 17.8 Å². The lowest BCUT2D eigenvalue weighted by Gasteiger charge is -2.41. The van der Waals surface area contributed by atoms with Gasteiger partial charge in [0.25, 0.3) is 0 Å². The molecule has 0 radical (unpaired) electrons. The van der Waals surface area contributed by atoms with Gasteiger partial charge < -0.3 is 29.2 Å². The number of allylic oxidation sites excluding steroid dienone is 1. The molecule has 206 valence electrons. The number of esters is 4. The van der Waals surface area contributed by atoms with Crippen LogP contribution in [-0.4, -0.2) is 69.2 Å². The normalized spacial score (nSPS) is 38.2. The summed E-state index contributed by atoms with van der Waals surface area (Å²) in [5.74, 6) is -4.06. The maximum atomic E-state index is 12.9. The maximum absolute atomic E-state index is 12.9. The van der Waals surface area contributed by atoms with E-state index in [-0.39, 0.29) is 12.8 Å². The minimum Gasteiger partial charge on any atom is -0.459 e. The molecular weight excluding hydrogens is 484 g/mol. The molecule has 8 atom stereocenters. The van der Waals surface area contributed by atoms with Crippen molar-refractivity contribution in [3.8, 4) is 0 Å². The molecule has 1 heterocycles. The van der Waals surface area contributed by atoms with Crippen molar-refractivity contribution in [3.05, 3.63) is 22.8 Å². The van der Waals surface area contributed by atoms with Crippen LogP contribution in [0.3, 0.4) is 0 Å². The van der Waals surface area contributed by atoms with E-state index in [2.05, 4.69) is 0 Å². The van der Waals surface area contributed by atoms with E-state index in [0.29, 0.717) is 23.1 Å². The van der Waals surface area contributed by atoms with Crippen molar-refractivity contribution in [2.24, 2.45) is 11.8 Å². The first kappa shape index (κ1) is 28.8.